The van der Waals surface area contributed by atoms with E-state index in [1.807, 2.05) is 30.1 Å². The van der Waals surface area contributed by atoms with E-state index in [9.17, 15) is 10.2 Å². The molecule has 1 aromatic carbocycles. The topological polar surface area (TPSA) is 43.7 Å². The van der Waals surface area contributed by atoms with Gasteiger partial charge in [-0.15, -0.1) is 0 Å². The molecule has 0 heterocycles. The van der Waals surface area contributed by atoms with Gasteiger partial charge in [-0.1, -0.05) is 6.07 Å². The van der Waals surface area contributed by atoms with Gasteiger partial charge in [-0.05, 0) is 47.5 Å². The Kier molecular flexibility index (Phi) is 4.77. The number of aliphatic hydroxyl groups excluding tert-OH is 2. The summed E-state index contributed by atoms with van der Waals surface area (Å²) in [5, 5.41) is 18.8. The molecule has 1 rings (SSSR count). The summed E-state index contributed by atoms with van der Waals surface area (Å²) in [4.78, 5) is 1.97. The lowest BCUT2D eigenvalue weighted by Gasteiger charge is -2.22. The third-order valence-electron chi connectivity index (χ3n) is 2.40. The van der Waals surface area contributed by atoms with Crippen LogP contribution in [0.5, 0.6) is 0 Å². The van der Waals surface area contributed by atoms with E-state index < -0.39 is 6.10 Å². The second kappa shape index (κ2) is 5.66. The van der Waals surface area contributed by atoms with Crippen LogP contribution in [-0.4, -0.2) is 29.9 Å². The second-order valence-corrected chi connectivity index (χ2v) is 4.97. The maximum atomic E-state index is 9.45. The van der Waals surface area contributed by atoms with Gasteiger partial charge < -0.3 is 15.1 Å². The minimum atomic E-state index is -0.465. The maximum absolute atomic E-state index is 9.45. The summed E-state index contributed by atoms with van der Waals surface area (Å²) in [5.41, 5.74) is 1.88. The fraction of sp³-hybridized carbons (Fsp3) is 0.500. The number of likely N-dealkylation sites (N-methyl/N-ethyl adjacent to an activating group) is 1. The molecule has 0 radical (unpaired) electrons. The van der Waals surface area contributed by atoms with Crippen LogP contribution in [-0.2, 0) is 0 Å². The first-order valence-electron chi connectivity index (χ1n) is 5.28. The number of hydrogen-bond acceptors (Lipinski definition) is 3. The molecule has 0 aliphatic carbocycles. The number of nitrogens with zero attached hydrogens (tertiary/aromatic N) is 1. The Morgan fingerprint density at radius 3 is 2.38 bits per heavy atom. The standard InChI is InChI=1S/C12H18BrNO2/c1-8(15)7-14(3)12-5-4-10(9(2)16)6-11(12)13/h4-6,8-9,15-16H,7H2,1-3H3/t8?,9-/m1/s1. The van der Waals surface area contributed by atoms with E-state index in [2.05, 4.69) is 15.9 Å². The predicted octanol–water partition coefficient (Wildman–Crippen LogP) is 2.32. The van der Waals surface area contributed by atoms with Crippen molar-refractivity contribution in [3.63, 3.8) is 0 Å². The zero-order chi connectivity index (χ0) is 12.3. The van der Waals surface area contributed by atoms with Gasteiger partial charge in [-0.2, -0.15) is 0 Å². The molecular weight excluding hydrogens is 270 g/mol. The first-order valence-corrected chi connectivity index (χ1v) is 6.08. The molecule has 1 unspecified atom stereocenters. The number of anilines is 1. The lowest BCUT2D eigenvalue weighted by atomic mass is 10.1. The van der Waals surface area contributed by atoms with Gasteiger partial charge in [-0.3, -0.25) is 0 Å². The molecule has 16 heavy (non-hydrogen) atoms. The van der Waals surface area contributed by atoms with Gasteiger partial charge in [0, 0.05) is 18.1 Å². The second-order valence-electron chi connectivity index (χ2n) is 4.12. The first kappa shape index (κ1) is 13.5. The highest BCUT2D eigenvalue weighted by Crippen LogP contribution is 2.28. The van der Waals surface area contributed by atoms with E-state index in [1.54, 1.807) is 13.8 Å². The maximum Gasteiger partial charge on any atom is 0.0762 e. The van der Waals surface area contributed by atoms with Crippen molar-refractivity contribution in [1.82, 2.24) is 0 Å². The molecule has 0 saturated carbocycles. The minimum Gasteiger partial charge on any atom is -0.392 e. The summed E-state index contributed by atoms with van der Waals surface area (Å²) in [6.45, 7) is 4.07. The highest BCUT2D eigenvalue weighted by Gasteiger charge is 2.10. The number of rotatable bonds is 4. The van der Waals surface area contributed by atoms with Crippen molar-refractivity contribution in [2.75, 3.05) is 18.5 Å². The van der Waals surface area contributed by atoms with Crippen LogP contribution in [0.15, 0.2) is 22.7 Å². The van der Waals surface area contributed by atoms with Crippen LogP contribution in [0.1, 0.15) is 25.5 Å². The van der Waals surface area contributed by atoms with E-state index >= 15 is 0 Å². The Labute approximate surface area is 105 Å². The monoisotopic (exact) mass is 287 g/mol. The molecule has 2 N–H and O–H groups in total. The average Bonchev–Trinajstić information content (AvgIpc) is 2.15. The molecular formula is C12H18BrNO2. The zero-order valence-corrected chi connectivity index (χ0v) is 11.4. The summed E-state index contributed by atoms with van der Waals surface area (Å²) < 4.78 is 0.925. The molecule has 0 aliphatic heterocycles. The molecule has 90 valence electrons. The fourth-order valence-electron chi connectivity index (χ4n) is 1.59. The third kappa shape index (κ3) is 3.47. The Hall–Kier alpha value is -0.580. The van der Waals surface area contributed by atoms with Gasteiger partial charge in [0.15, 0.2) is 0 Å². The van der Waals surface area contributed by atoms with Crippen molar-refractivity contribution in [3.05, 3.63) is 28.2 Å². The van der Waals surface area contributed by atoms with Gasteiger partial charge in [0.05, 0.1) is 17.9 Å². The average molecular weight is 288 g/mol. The van der Waals surface area contributed by atoms with E-state index in [-0.39, 0.29) is 6.10 Å². The molecule has 0 fully saturated rings. The first-order chi connectivity index (χ1) is 7.41. The van der Waals surface area contributed by atoms with Crippen LogP contribution < -0.4 is 4.90 Å². The Bertz CT molecular complexity index is 353. The molecule has 0 amide bonds. The van der Waals surface area contributed by atoms with Crippen molar-refractivity contribution in [2.45, 2.75) is 26.1 Å². The van der Waals surface area contributed by atoms with E-state index in [0.717, 1.165) is 15.7 Å². The van der Waals surface area contributed by atoms with Gasteiger partial charge >= 0.3 is 0 Å². The van der Waals surface area contributed by atoms with Gasteiger partial charge in [-0.25, -0.2) is 0 Å². The lowest BCUT2D eigenvalue weighted by Crippen LogP contribution is -2.27. The van der Waals surface area contributed by atoms with Crippen molar-refractivity contribution in [1.29, 1.82) is 0 Å². The summed E-state index contributed by atoms with van der Waals surface area (Å²) >= 11 is 3.47. The van der Waals surface area contributed by atoms with Crippen molar-refractivity contribution in [2.24, 2.45) is 0 Å². The van der Waals surface area contributed by atoms with Crippen LogP contribution in [0, 0.1) is 0 Å². The predicted molar refractivity (Wildman–Crippen MR) is 69.7 cm³/mol. The highest BCUT2D eigenvalue weighted by molar-refractivity contribution is 9.10. The van der Waals surface area contributed by atoms with Crippen molar-refractivity contribution >= 4 is 21.6 Å². The number of halogens is 1. The Balaban J connectivity index is 2.90. The minimum absolute atomic E-state index is 0.367. The summed E-state index contributed by atoms with van der Waals surface area (Å²) in [6.07, 6.45) is -0.833. The molecule has 0 aromatic heterocycles. The molecule has 0 spiro atoms. The van der Waals surface area contributed by atoms with Gasteiger partial charge in [0.1, 0.15) is 0 Å². The van der Waals surface area contributed by atoms with Crippen molar-refractivity contribution < 1.29 is 10.2 Å². The smallest absolute Gasteiger partial charge is 0.0762 e. The quantitative estimate of drug-likeness (QED) is 0.893. The van der Waals surface area contributed by atoms with E-state index in [0.29, 0.717) is 6.54 Å². The van der Waals surface area contributed by atoms with E-state index in [4.69, 9.17) is 0 Å². The van der Waals surface area contributed by atoms with Crippen LogP contribution in [0.3, 0.4) is 0 Å². The number of benzene rings is 1. The largest absolute Gasteiger partial charge is 0.392 e. The van der Waals surface area contributed by atoms with E-state index in [1.165, 1.54) is 0 Å². The number of aliphatic hydroxyl groups is 2. The molecule has 0 aliphatic rings. The SMILES string of the molecule is CC(O)CN(C)c1ccc([C@@H](C)O)cc1Br. The Morgan fingerprint density at radius 1 is 1.31 bits per heavy atom. The fourth-order valence-corrected chi connectivity index (χ4v) is 2.29. The van der Waals surface area contributed by atoms with Crippen LogP contribution in [0.2, 0.25) is 0 Å². The highest BCUT2D eigenvalue weighted by atomic mass is 79.9. The lowest BCUT2D eigenvalue weighted by molar-refractivity contribution is 0.198. The van der Waals surface area contributed by atoms with Crippen LogP contribution in [0.25, 0.3) is 0 Å². The Morgan fingerprint density at radius 2 is 1.94 bits per heavy atom. The van der Waals surface area contributed by atoms with Gasteiger partial charge in [0.25, 0.3) is 0 Å². The summed E-state index contributed by atoms with van der Waals surface area (Å²) in [7, 11) is 1.93. The summed E-state index contributed by atoms with van der Waals surface area (Å²) in [6, 6.07) is 5.73. The van der Waals surface area contributed by atoms with Crippen LogP contribution >= 0.6 is 15.9 Å². The molecule has 4 heteroatoms. The third-order valence-corrected chi connectivity index (χ3v) is 3.04. The molecule has 0 bridgehead atoms. The normalized spacial score (nSPS) is 14.6. The zero-order valence-electron chi connectivity index (χ0n) is 9.81. The van der Waals surface area contributed by atoms with Gasteiger partial charge in [0.2, 0.25) is 0 Å². The molecule has 0 saturated heterocycles. The number of hydrogen-bond donors (Lipinski definition) is 2. The summed E-state index contributed by atoms with van der Waals surface area (Å²) in [5.74, 6) is 0. The van der Waals surface area contributed by atoms with Crippen LogP contribution in [0.4, 0.5) is 5.69 Å². The molecule has 2 atom stereocenters. The van der Waals surface area contributed by atoms with Crippen molar-refractivity contribution in [3.8, 4) is 0 Å². The molecule has 1 aromatic rings. The molecule has 3 nitrogen and oxygen atoms in total.